The Balaban J connectivity index is 2.12. The van der Waals surface area contributed by atoms with E-state index in [2.05, 4.69) is 10.1 Å². The molecule has 5 heteroatoms. The molecule has 0 radical (unpaired) electrons. The largest absolute Gasteiger partial charge is 0.275 e. The molecule has 4 nitrogen and oxygen atoms in total. The van der Waals surface area contributed by atoms with Crippen LogP contribution in [-0.4, -0.2) is 21.1 Å². The lowest BCUT2D eigenvalue weighted by molar-refractivity contribution is 0.674. The molecule has 0 fully saturated rings. The molecule has 3 rings (SSSR count). The third-order valence-corrected chi connectivity index (χ3v) is 3.60. The summed E-state index contributed by atoms with van der Waals surface area (Å²) >= 11 is 1.54. The third-order valence-electron chi connectivity index (χ3n) is 2.66. The number of thioether (sulfide) groups is 1. The van der Waals surface area contributed by atoms with E-state index in [9.17, 15) is 4.79 Å². The summed E-state index contributed by atoms with van der Waals surface area (Å²) in [6, 6.07) is 11.4. The molecule has 2 heterocycles. The van der Waals surface area contributed by atoms with Gasteiger partial charge in [-0.05, 0) is 12.5 Å². The maximum absolute atomic E-state index is 11.9. The molecule has 1 aliphatic heterocycles. The first-order valence-corrected chi connectivity index (χ1v) is 6.59. The zero-order chi connectivity index (χ0) is 12.5. The third kappa shape index (κ3) is 1.97. The lowest BCUT2D eigenvalue weighted by Crippen LogP contribution is -2.25. The summed E-state index contributed by atoms with van der Waals surface area (Å²) in [5.41, 5.74) is 2.55. The number of aromatic nitrogens is 2. The lowest BCUT2D eigenvalue weighted by atomic mass is 10.1. The predicted molar refractivity (Wildman–Crippen MR) is 72.3 cm³/mol. The highest BCUT2D eigenvalue weighted by atomic mass is 32.2. The summed E-state index contributed by atoms with van der Waals surface area (Å²) in [6.07, 6.45) is 0. The molecule has 0 saturated carbocycles. The summed E-state index contributed by atoms with van der Waals surface area (Å²) in [7, 11) is 0. The Morgan fingerprint density at radius 1 is 1.28 bits per heavy atom. The zero-order valence-corrected chi connectivity index (χ0v) is 10.6. The number of hydrogen-bond donors (Lipinski definition) is 0. The Kier molecular flexibility index (Phi) is 2.76. The van der Waals surface area contributed by atoms with Gasteiger partial charge >= 0.3 is 0 Å². The first-order valence-electron chi connectivity index (χ1n) is 5.61. The number of fused-ring (bicyclic) bond motifs is 1. The van der Waals surface area contributed by atoms with Gasteiger partial charge in [0.05, 0.1) is 5.71 Å². The molecule has 0 atom stereocenters. The van der Waals surface area contributed by atoms with E-state index in [0.717, 1.165) is 22.7 Å². The topological polar surface area (TPSA) is 47.2 Å². The molecule has 2 aromatic rings. The number of aryl methyl sites for hydroxylation is 1. The molecule has 0 N–H and O–H groups in total. The molecule has 1 aliphatic rings. The second-order valence-corrected chi connectivity index (χ2v) is 4.97. The Morgan fingerprint density at radius 2 is 2.06 bits per heavy atom. The minimum atomic E-state index is -0.127. The molecular weight excluding hydrogens is 246 g/mol. The summed E-state index contributed by atoms with van der Waals surface area (Å²) in [5, 5.41) is 5.06. The molecule has 1 aromatic carbocycles. The average molecular weight is 257 g/mol. The highest BCUT2D eigenvalue weighted by Gasteiger charge is 2.16. The minimum absolute atomic E-state index is 0.127. The second kappa shape index (κ2) is 4.42. The van der Waals surface area contributed by atoms with Crippen molar-refractivity contribution < 1.29 is 0 Å². The van der Waals surface area contributed by atoms with Crippen molar-refractivity contribution in [1.29, 1.82) is 0 Å². The monoisotopic (exact) mass is 257 g/mol. The number of benzene rings is 1. The highest BCUT2D eigenvalue weighted by molar-refractivity contribution is 7.99. The summed E-state index contributed by atoms with van der Waals surface area (Å²) in [4.78, 5) is 16.2. The van der Waals surface area contributed by atoms with Crippen LogP contribution in [-0.2, 0) is 0 Å². The number of nitrogens with zero attached hydrogens (tertiary/aromatic N) is 3. The molecular formula is C13H11N3OS. The first-order chi connectivity index (χ1) is 8.74. The van der Waals surface area contributed by atoms with Crippen molar-refractivity contribution in [2.24, 2.45) is 5.10 Å². The maximum Gasteiger partial charge on any atom is 0.275 e. The first kappa shape index (κ1) is 11.2. The fraction of sp³-hybridized carbons (Fsp3) is 0.154. The Morgan fingerprint density at radius 3 is 2.83 bits per heavy atom. The standard InChI is InChI=1S/C13H11N3OS/c1-9-7-12(17)16-13(14-9)18-8-11(15-16)10-5-3-2-4-6-10/h2-7H,8H2,1H3. The van der Waals surface area contributed by atoms with Crippen molar-refractivity contribution in [3.8, 4) is 0 Å². The van der Waals surface area contributed by atoms with Crippen molar-refractivity contribution >= 4 is 17.5 Å². The van der Waals surface area contributed by atoms with E-state index in [1.807, 2.05) is 37.3 Å². The normalized spacial score (nSPS) is 13.9. The molecule has 1 aromatic heterocycles. The van der Waals surface area contributed by atoms with Gasteiger partial charge in [0.15, 0.2) is 5.16 Å². The number of hydrogen-bond acceptors (Lipinski definition) is 4. The van der Waals surface area contributed by atoms with Gasteiger partial charge in [-0.25, -0.2) is 4.98 Å². The van der Waals surface area contributed by atoms with Crippen LogP contribution < -0.4 is 5.56 Å². The van der Waals surface area contributed by atoms with Gasteiger partial charge in [0.25, 0.3) is 5.56 Å². The van der Waals surface area contributed by atoms with Crippen LogP contribution in [0.1, 0.15) is 11.3 Å². The van der Waals surface area contributed by atoms with Crippen LogP contribution in [0.5, 0.6) is 0 Å². The van der Waals surface area contributed by atoms with Crippen molar-refractivity contribution in [2.75, 3.05) is 5.75 Å². The lowest BCUT2D eigenvalue weighted by Gasteiger charge is -2.15. The van der Waals surface area contributed by atoms with Gasteiger partial charge in [0, 0.05) is 17.5 Å². The molecule has 0 amide bonds. The van der Waals surface area contributed by atoms with Crippen molar-refractivity contribution in [2.45, 2.75) is 12.1 Å². The van der Waals surface area contributed by atoms with Gasteiger partial charge in [0.2, 0.25) is 0 Å². The fourth-order valence-electron chi connectivity index (χ4n) is 1.80. The minimum Gasteiger partial charge on any atom is -0.267 e. The predicted octanol–water partition coefficient (Wildman–Crippen LogP) is 1.91. The van der Waals surface area contributed by atoms with Crippen LogP contribution >= 0.6 is 11.8 Å². The van der Waals surface area contributed by atoms with Crippen LogP contribution in [0, 0.1) is 6.92 Å². The zero-order valence-electron chi connectivity index (χ0n) is 9.83. The molecule has 0 unspecified atom stereocenters. The average Bonchev–Trinajstić information content (AvgIpc) is 2.39. The molecule has 0 spiro atoms. The van der Waals surface area contributed by atoms with Crippen molar-refractivity contribution in [3.63, 3.8) is 0 Å². The van der Waals surface area contributed by atoms with E-state index in [0.29, 0.717) is 5.16 Å². The van der Waals surface area contributed by atoms with Gasteiger partial charge in [-0.2, -0.15) is 9.78 Å². The smallest absolute Gasteiger partial charge is 0.267 e. The van der Waals surface area contributed by atoms with Gasteiger partial charge in [0.1, 0.15) is 0 Å². The molecule has 0 aliphatic carbocycles. The van der Waals surface area contributed by atoms with Gasteiger partial charge < -0.3 is 0 Å². The SMILES string of the molecule is Cc1cc(=O)n2c(n1)SCC(c1ccccc1)=N2. The van der Waals surface area contributed by atoms with Gasteiger partial charge in [-0.1, -0.05) is 42.1 Å². The number of rotatable bonds is 1. The molecule has 90 valence electrons. The Bertz CT molecular complexity index is 676. The quantitative estimate of drug-likeness (QED) is 0.733. The van der Waals surface area contributed by atoms with E-state index >= 15 is 0 Å². The van der Waals surface area contributed by atoms with Crippen molar-refractivity contribution in [3.05, 3.63) is 58.0 Å². The summed E-state index contributed by atoms with van der Waals surface area (Å²) in [5.74, 6) is 0.736. The van der Waals surface area contributed by atoms with E-state index < -0.39 is 0 Å². The van der Waals surface area contributed by atoms with E-state index in [1.54, 1.807) is 11.8 Å². The molecule has 18 heavy (non-hydrogen) atoms. The highest BCUT2D eigenvalue weighted by Crippen LogP contribution is 2.21. The Labute approximate surface area is 108 Å². The maximum atomic E-state index is 11.9. The molecule has 0 saturated heterocycles. The van der Waals surface area contributed by atoms with Crippen LogP contribution in [0.2, 0.25) is 0 Å². The summed E-state index contributed by atoms with van der Waals surface area (Å²) in [6.45, 7) is 1.82. The van der Waals surface area contributed by atoms with Crippen LogP contribution in [0.15, 0.2) is 51.5 Å². The van der Waals surface area contributed by atoms with E-state index in [4.69, 9.17) is 0 Å². The van der Waals surface area contributed by atoms with Crippen LogP contribution in [0.4, 0.5) is 0 Å². The van der Waals surface area contributed by atoms with Crippen LogP contribution in [0.3, 0.4) is 0 Å². The van der Waals surface area contributed by atoms with Crippen LogP contribution in [0.25, 0.3) is 0 Å². The second-order valence-electron chi connectivity index (χ2n) is 4.03. The molecule has 0 bridgehead atoms. The Hall–Kier alpha value is -1.88. The summed E-state index contributed by atoms with van der Waals surface area (Å²) < 4.78 is 1.38. The van der Waals surface area contributed by atoms with E-state index in [1.165, 1.54) is 10.7 Å². The fourth-order valence-corrected chi connectivity index (χ4v) is 2.76. The van der Waals surface area contributed by atoms with Gasteiger partial charge in [-0.3, -0.25) is 4.79 Å². The van der Waals surface area contributed by atoms with Gasteiger partial charge in [-0.15, -0.1) is 0 Å². The van der Waals surface area contributed by atoms with Crippen molar-refractivity contribution in [1.82, 2.24) is 9.66 Å². The van der Waals surface area contributed by atoms with E-state index in [-0.39, 0.29) is 5.56 Å².